The van der Waals surface area contributed by atoms with Gasteiger partial charge in [0.15, 0.2) is 0 Å². The van der Waals surface area contributed by atoms with Crippen LogP contribution in [0.25, 0.3) is 0 Å². The van der Waals surface area contributed by atoms with E-state index in [1.165, 1.54) is 16.8 Å². The summed E-state index contributed by atoms with van der Waals surface area (Å²) in [6, 6.07) is 17.2. The number of nitrogens with one attached hydrogen (secondary N) is 1. The van der Waals surface area contributed by atoms with Gasteiger partial charge in [0, 0.05) is 31.9 Å². The van der Waals surface area contributed by atoms with Crippen molar-refractivity contribution < 1.29 is 4.74 Å². The van der Waals surface area contributed by atoms with Crippen LogP contribution in [0.1, 0.15) is 17.2 Å². The lowest BCUT2D eigenvalue weighted by Crippen LogP contribution is -2.22. The number of hydrogen-bond acceptors (Lipinski definition) is 3. The first-order valence-corrected chi connectivity index (χ1v) is 6.95. The second kappa shape index (κ2) is 5.55. The van der Waals surface area contributed by atoms with E-state index in [0.29, 0.717) is 6.04 Å². The maximum atomic E-state index is 5.68. The van der Waals surface area contributed by atoms with Crippen LogP contribution in [0.2, 0.25) is 0 Å². The predicted molar refractivity (Wildman–Crippen MR) is 82.3 cm³/mol. The smallest absolute Gasteiger partial charge is 0.124 e. The van der Waals surface area contributed by atoms with E-state index in [4.69, 9.17) is 4.74 Å². The molecule has 0 bridgehead atoms. The zero-order valence-electron chi connectivity index (χ0n) is 12.0. The predicted octanol–water partition coefficient (Wildman–Crippen LogP) is 2.98. The molecule has 0 aromatic heterocycles. The third kappa shape index (κ3) is 2.63. The highest BCUT2D eigenvalue weighted by molar-refractivity contribution is 5.46. The van der Waals surface area contributed by atoms with Crippen molar-refractivity contribution >= 4 is 5.69 Å². The molecule has 0 saturated carbocycles. The molecule has 1 aliphatic heterocycles. The Morgan fingerprint density at radius 1 is 1.10 bits per heavy atom. The van der Waals surface area contributed by atoms with Gasteiger partial charge in [0.2, 0.25) is 0 Å². The molecule has 20 heavy (non-hydrogen) atoms. The standard InChI is InChI=1S/C17H20N2O/c1-19(2)14-9-7-13(8-10-14)11-18-16-12-20-17-6-4-3-5-15(16)17/h3-10,16,18H,11-12H2,1-2H3. The summed E-state index contributed by atoms with van der Waals surface area (Å²) in [7, 11) is 4.11. The fraction of sp³-hybridized carbons (Fsp3) is 0.294. The summed E-state index contributed by atoms with van der Waals surface area (Å²) >= 11 is 0. The van der Waals surface area contributed by atoms with Crippen LogP contribution in [0.4, 0.5) is 5.69 Å². The van der Waals surface area contributed by atoms with Crippen LogP contribution in [0.5, 0.6) is 5.75 Å². The van der Waals surface area contributed by atoms with Crippen molar-refractivity contribution in [3.8, 4) is 5.75 Å². The normalized spacial score (nSPS) is 16.6. The van der Waals surface area contributed by atoms with Crippen molar-refractivity contribution in [2.45, 2.75) is 12.6 Å². The Balaban J connectivity index is 1.63. The van der Waals surface area contributed by atoms with Gasteiger partial charge in [-0.3, -0.25) is 0 Å². The maximum absolute atomic E-state index is 5.68. The van der Waals surface area contributed by atoms with Gasteiger partial charge in [-0.05, 0) is 23.8 Å². The van der Waals surface area contributed by atoms with Crippen LogP contribution in [-0.2, 0) is 6.54 Å². The van der Waals surface area contributed by atoms with Gasteiger partial charge in [-0.1, -0.05) is 30.3 Å². The lowest BCUT2D eigenvalue weighted by molar-refractivity contribution is 0.310. The summed E-state index contributed by atoms with van der Waals surface area (Å²) in [5, 5.41) is 3.56. The van der Waals surface area contributed by atoms with Gasteiger partial charge in [-0.15, -0.1) is 0 Å². The highest BCUT2D eigenvalue weighted by Crippen LogP contribution is 2.31. The first kappa shape index (κ1) is 13.0. The Bertz CT molecular complexity index is 578. The van der Waals surface area contributed by atoms with Crippen molar-refractivity contribution in [3.05, 3.63) is 59.7 Å². The minimum absolute atomic E-state index is 0.291. The van der Waals surface area contributed by atoms with Crippen LogP contribution in [0, 0.1) is 0 Å². The Hall–Kier alpha value is -2.00. The number of benzene rings is 2. The fourth-order valence-corrected chi connectivity index (χ4v) is 2.48. The maximum Gasteiger partial charge on any atom is 0.124 e. The van der Waals surface area contributed by atoms with Crippen molar-refractivity contribution in [1.82, 2.24) is 5.32 Å². The minimum atomic E-state index is 0.291. The highest BCUT2D eigenvalue weighted by Gasteiger charge is 2.22. The summed E-state index contributed by atoms with van der Waals surface area (Å²) < 4.78 is 5.68. The van der Waals surface area contributed by atoms with Gasteiger partial charge in [0.1, 0.15) is 12.4 Å². The first-order chi connectivity index (χ1) is 9.74. The monoisotopic (exact) mass is 268 g/mol. The zero-order chi connectivity index (χ0) is 13.9. The average Bonchev–Trinajstić information content (AvgIpc) is 2.89. The van der Waals surface area contributed by atoms with Gasteiger partial charge in [0.05, 0.1) is 6.04 Å². The van der Waals surface area contributed by atoms with Gasteiger partial charge in [-0.25, -0.2) is 0 Å². The van der Waals surface area contributed by atoms with E-state index in [0.717, 1.165) is 18.9 Å². The molecule has 0 amide bonds. The Kier molecular flexibility index (Phi) is 3.61. The number of fused-ring (bicyclic) bond motifs is 1. The topological polar surface area (TPSA) is 24.5 Å². The molecule has 3 rings (SSSR count). The van der Waals surface area contributed by atoms with E-state index in [1.807, 2.05) is 12.1 Å². The first-order valence-electron chi connectivity index (χ1n) is 6.95. The average molecular weight is 268 g/mol. The summed E-state index contributed by atoms with van der Waals surface area (Å²) in [6.07, 6.45) is 0. The molecule has 3 heteroatoms. The lowest BCUT2D eigenvalue weighted by Gasteiger charge is -2.14. The van der Waals surface area contributed by atoms with Gasteiger partial charge in [-0.2, -0.15) is 0 Å². The van der Waals surface area contributed by atoms with Crippen LogP contribution < -0.4 is 15.0 Å². The molecule has 1 unspecified atom stereocenters. The van der Waals surface area contributed by atoms with Gasteiger partial charge >= 0.3 is 0 Å². The van der Waals surface area contributed by atoms with E-state index in [9.17, 15) is 0 Å². The molecule has 0 fully saturated rings. The third-order valence-corrected chi connectivity index (χ3v) is 3.71. The molecule has 2 aromatic rings. The number of anilines is 1. The Morgan fingerprint density at radius 3 is 2.60 bits per heavy atom. The SMILES string of the molecule is CN(C)c1ccc(CNC2COc3ccccc32)cc1. The molecule has 3 nitrogen and oxygen atoms in total. The number of para-hydroxylation sites is 1. The number of nitrogens with zero attached hydrogens (tertiary/aromatic N) is 1. The van der Waals surface area contributed by atoms with Crippen molar-refractivity contribution in [1.29, 1.82) is 0 Å². The van der Waals surface area contributed by atoms with Crippen molar-refractivity contribution in [3.63, 3.8) is 0 Å². The summed E-state index contributed by atoms with van der Waals surface area (Å²) in [5.41, 5.74) is 3.78. The summed E-state index contributed by atoms with van der Waals surface area (Å²) in [4.78, 5) is 2.11. The van der Waals surface area contributed by atoms with Crippen LogP contribution >= 0.6 is 0 Å². The fourth-order valence-electron chi connectivity index (χ4n) is 2.48. The van der Waals surface area contributed by atoms with E-state index < -0.39 is 0 Å². The zero-order valence-corrected chi connectivity index (χ0v) is 12.0. The molecule has 104 valence electrons. The second-order valence-electron chi connectivity index (χ2n) is 5.34. The van der Waals surface area contributed by atoms with Crippen molar-refractivity contribution in [2.24, 2.45) is 0 Å². The summed E-state index contributed by atoms with van der Waals surface area (Å²) in [5.74, 6) is 1.01. The minimum Gasteiger partial charge on any atom is -0.491 e. The van der Waals surface area contributed by atoms with E-state index in [-0.39, 0.29) is 0 Å². The molecule has 2 aromatic carbocycles. The van der Waals surface area contributed by atoms with E-state index in [2.05, 4.69) is 60.7 Å². The highest BCUT2D eigenvalue weighted by atomic mass is 16.5. The van der Waals surface area contributed by atoms with Gasteiger partial charge < -0.3 is 15.0 Å². The molecule has 1 aliphatic rings. The quantitative estimate of drug-likeness (QED) is 0.922. The molecule has 0 saturated heterocycles. The lowest BCUT2D eigenvalue weighted by atomic mass is 10.1. The molecular weight excluding hydrogens is 248 g/mol. The third-order valence-electron chi connectivity index (χ3n) is 3.71. The van der Waals surface area contributed by atoms with Crippen LogP contribution in [0.15, 0.2) is 48.5 Å². The number of hydrogen-bond donors (Lipinski definition) is 1. The van der Waals surface area contributed by atoms with E-state index >= 15 is 0 Å². The molecule has 1 atom stereocenters. The Labute approximate surface area is 120 Å². The molecule has 0 aliphatic carbocycles. The molecule has 0 radical (unpaired) electrons. The van der Waals surface area contributed by atoms with Crippen LogP contribution in [0.3, 0.4) is 0 Å². The second-order valence-corrected chi connectivity index (χ2v) is 5.34. The van der Waals surface area contributed by atoms with E-state index in [1.54, 1.807) is 0 Å². The molecule has 1 heterocycles. The Morgan fingerprint density at radius 2 is 1.85 bits per heavy atom. The number of ether oxygens (including phenoxy) is 1. The molecular formula is C17H20N2O. The molecule has 1 N–H and O–H groups in total. The van der Waals surface area contributed by atoms with Crippen LogP contribution in [-0.4, -0.2) is 20.7 Å². The number of rotatable bonds is 4. The largest absolute Gasteiger partial charge is 0.491 e. The molecule has 0 spiro atoms. The van der Waals surface area contributed by atoms with Crippen molar-refractivity contribution in [2.75, 3.05) is 25.6 Å². The summed E-state index contributed by atoms with van der Waals surface area (Å²) in [6.45, 7) is 1.57. The van der Waals surface area contributed by atoms with Gasteiger partial charge in [0.25, 0.3) is 0 Å².